The lowest BCUT2D eigenvalue weighted by Gasteiger charge is -2.12. The second-order valence-corrected chi connectivity index (χ2v) is 11.3. The molecule has 0 saturated heterocycles. The van der Waals surface area contributed by atoms with Gasteiger partial charge in [0.1, 0.15) is 0 Å². The molecule has 0 aliphatic heterocycles. The Morgan fingerprint density at radius 2 is 1.02 bits per heavy atom. The Labute approximate surface area is 254 Å². The van der Waals surface area contributed by atoms with E-state index in [4.69, 9.17) is 0 Å². The van der Waals surface area contributed by atoms with Crippen molar-refractivity contribution < 1.29 is 0 Å². The topological polar surface area (TPSA) is 22.8 Å². The second kappa shape index (κ2) is 9.82. The van der Waals surface area contributed by atoms with Crippen LogP contribution in [-0.4, -0.2) is 14.1 Å². The van der Waals surface area contributed by atoms with Crippen LogP contribution in [-0.2, 0) is 0 Å². The van der Waals surface area contributed by atoms with Crippen LogP contribution in [0.25, 0.3) is 77.2 Å². The van der Waals surface area contributed by atoms with Crippen LogP contribution in [0.5, 0.6) is 0 Å². The lowest BCUT2D eigenvalue weighted by Crippen LogP contribution is -1.95. The molecular formula is C41H27N3. The van der Waals surface area contributed by atoms with E-state index < -0.39 is 0 Å². The lowest BCUT2D eigenvalue weighted by molar-refractivity contribution is 1.17. The first-order chi connectivity index (χ1) is 21.8. The molecule has 0 N–H and O–H groups in total. The molecule has 0 spiro atoms. The van der Waals surface area contributed by atoms with Crippen molar-refractivity contribution in [1.29, 1.82) is 0 Å². The normalized spacial score (nSPS) is 11.6. The number of pyridine rings is 1. The van der Waals surface area contributed by atoms with Crippen LogP contribution in [0, 0.1) is 0 Å². The summed E-state index contributed by atoms with van der Waals surface area (Å²) in [6, 6.07) is 54.5. The molecule has 44 heavy (non-hydrogen) atoms. The highest BCUT2D eigenvalue weighted by atomic mass is 15.0. The van der Waals surface area contributed by atoms with Gasteiger partial charge in [0.05, 0.1) is 22.1 Å². The number of aromatic nitrogens is 3. The molecule has 3 heterocycles. The van der Waals surface area contributed by atoms with Crippen LogP contribution in [0.1, 0.15) is 0 Å². The van der Waals surface area contributed by atoms with Crippen LogP contribution < -0.4 is 0 Å². The minimum Gasteiger partial charge on any atom is -0.309 e. The van der Waals surface area contributed by atoms with Crippen molar-refractivity contribution in [2.45, 2.75) is 0 Å². The average molecular weight is 562 g/mol. The first-order valence-electron chi connectivity index (χ1n) is 15.0. The van der Waals surface area contributed by atoms with Crippen molar-refractivity contribution in [2.24, 2.45) is 0 Å². The van der Waals surface area contributed by atoms with Crippen LogP contribution >= 0.6 is 0 Å². The first kappa shape index (κ1) is 24.6. The third kappa shape index (κ3) is 3.73. The molecule has 0 saturated carbocycles. The zero-order chi connectivity index (χ0) is 29.0. The van der Waals surface area contributed by atoms with Crippen molar-refractivity contribution in [3.63, 3.8) is 0 Å². The maximum Gasteiger partial charge on any atom is 0.0620 e. The minimum atomic E-state index is 1.14. The molecule has 0 aliphatic carbocycles. The Morgan fingerprint density at radius 1 is 0.386 bits per heavy atom. The molecule has 9 rings (SSSR count). The monoisotopic (exact) mass is 561 g/mol. The molecule has 6 aromatic carbocycles. The van der Waals surface area contributed by atoms with E-state index in [0.717, 1.165) is 22.3 Å². The summed E-state index contributed by atoms with van der Waals surface area (Å²) in [5, 5.41) is 4.85. The van der Waals surface area contributed by atoms with Crippen molar-refractivity contribution >= 4 is 43.6 Å². The molecule has 9 aromatic rings. The summed E-state index contributed by atoms with van der Waals surface area (Å²) in [5.41, 5.74) is 11.9. The van der Waals surface area contributed by atoms with Crippen LogP contribution in [0.3, 0.4) is 0 Å². The van der Waals surface area contributed by atoms with Gasteiger partial charge in [0.15, 0.2) is 0 Å². The SMILES string of the molecule is c1ccc(-c2ccc(-n3c4ccccc4c4cc(-c5cccc6c7cnccc7n(-c7ccccc7)c56)ccc43)cc2)cc1. The maximum atomic E-state index is 4.49. The van der Waals surface area contributed by atoms with Crippen LogP contribution in [0.15, 0.2) is 164 Å². The van der Waals surface area contributed by atoms with Gasteiger partial charge in [0.2, 0.25) is 0 Å². The number of hydrogen-bond donors (Lipinski definition) is 0. The van der Waals surface area contributed by atoms with Gasteiger partial charge in [-0.05, 0) is 65.2 Å². The van der Waals surface area contributed by atoms with Gasteiger partial charge in [-0.3, -0.25) is 4.98 Å². The maximum absolute atomic E-state index is 4.49. The standard InChI is InChI=1S/C41H27N3/c1-3-10-28(11-4-1)29-18-21-32(22-19-29)43-38-17-8-7-14-34(38)36-26-30(20-23-39(36)43)33-15-9-16-35-37-27-42-25-24-40(37)44(41(33)35)31-12-5-2-6-13-31/h1-27H. The Bertz CT molecular complexity index is 2470. The third-order valence-electron chi connectivity index (χ3n) is 8.82. The average Bonchev–Trinajstić information content (AvgIpc) is 3.62. The molecule has 206 valence electrons. The van der Waals surface area contributed by atoms with E-state index in [1.54, 1.807) is 0 Å². The summed E-state index contributed by atoms with van der Waals surface area (Å²) in [6.45, 7) is 0. The van der Waals surface area contributed by atoms with Gasteiger partial charge in [-0.2, -0.15) is 0 Å². The molecule has 0 radical (unpaired) electrons. The number of rotatable bonds is 4. The summed E-state index contributed by atoms with van der Waals surface area (Å²) >= 11 is 0. The molecule has 0 amide bonds. The van der Waals surface area contributed by atoms with Gasteiger partial charge in [-0.15, -0.1) is 0 Å². The summed E-state index contributed by atoms with van der Waals surface area (Å²) in [5.74, 6) is 0. The van der Waals surface area contributed by atoms with E-state index >= 15 is 0 Å². The fourth-order valence-electron chi connectivity index (χ4n) is 6.84. The first-order valence-corrected chi connectivity index (χ1v) is 15.0. The Morgan fingerprint density at radius 3 is 1.86 bits per heavy atom. The second-order valence-electron chi connectivity index (χ2n) is 11.3. The zero-order valence-electron chi connectivity index (χ0n) is 23.9. The lowest BCUT2D eigenvalue weighted by atomic mass is 10.00. The predicted molar refractivity (Wildman–Crippen MR) is 184 cm³/mol. The van der Waals surface area contributed by atoms with E-state index in [1.807, 2.05) is 12.4 Å². The zero-order valence-corrected chi connectivity index (χ0v) is 23.9. The van der Waals surface area contributed by atoms with Gasteiger partial charge in [0.25, 0.3) is 0 Å². The number of hydrogen-bond acceptors (Lipinski definition) is 1. The van der Waals surface area contributed by atoms with Crippen LogP contribution in [0.2, 0.25) is 0 Å². The highest BCUT2D eigenvalue weighted by molar-refractivity contribution is 6.15. The van der Waals surface area contributed by atoms with Gasteiger partial charge in [0, 0.05) is 50.9 Å². The Balaban J connectivity index is 1.27. The molecular weight excluding hydrogens is 534 g/mol. The molecule has 3 heteroatoms. The van der Waals surface area contributed by atoms with Crippen molar-refractivity contribution in [3.8, 4) is 33.6 Å². The smallest absolute Gasteiger partial charge is 0.0620 e. The van der Waals surface area contributed by atoms with E-state index in [9.17, 15) is 0 Å². The Kier molecular flexibility index (Phi) is 5.50. The molecule has 0 atom stereocenters. The van der Waals surface area contributed by atoms with Gasteiger partial charge < -0.3 is 9.13 Å². The molecule has 0 unspecified atom stereocenters. The fourth-order valence-corrected chi connectivity index (χ4v) is 6.84. The summed E-state index contributed by atoms with van der Waals surface area (Å²) < 4.78 is 4.76. The Hall–Kier alpha value is -5.93. The molecule has 0 aliphatic rings. The van der Waals surface area contributed by atoms with Gasteiger partial charge in [-0.25, -0.2) is 0 Å². The highest BCUT2D eigenvalue weighted by Gasteiger charge is 2.18. The summed E-state index contributed by atoms with van der Waals surface area (Å²) in [7, 11) is 0. The van der Waals surface area contributed by atoms with E-state index in [2.05, 4.69) is 166 Å². The number of benzene rings is 6. The number of fused-ring (bicyclic) bond motifs is 6. The van der Waals surface area contributed by atoms with Crippen molar-refractivity contribution in [3.05, 3.63) is 164 Å². The molecule has 3 nitrogen and oxygen atoms in total. The van der Waals surface area contributed by atoms with Crippen LogP contribution in [0.4, 0.5) is 0 Å². The molecule has 3 aromatic heterocycles. The highest BCUT2D eigenvalue weighted by Crippen LogP contribution is 2.40. The largest absolute Gasteiger partial charge is 0.309 e. The molecule has 0 bridgehead atoms. The fraction of sp³-hybridized carbons (Fsp3) is 0. The minimum absolute atomic E-state index is 1.14. The summed E-state index contributed by atoms with van der Waals surface area (Å²) in [6.07, 6.45) is 3.87. The van der Waals surface area contributed by atoms with E-state index in [-0.39, 0.29) is 0 Å². The quantitative estimate of drug-likeness (QED) is 0.210. The number of para-hydroxylation sites is 3. The molecule has 0 fully saturated rings. The number of nitrogens with zero attached hydrogens (tertiary/aromatic N) is 3. The van der Waals surface area contributed by atoms with Crippen molar-refractivity contribution in [1.82, 2.24) is 14.1 Å². The summed E-state index contributed by atoms with van der Waals surface area (Å²) in [4.78, 5) is 4.49. The van der Waals surface area contributed by atoms with E-state index in [0.29, 0.717) is 0 Å². The van der Waals surface area contributed by atoms with Crippen molar-refractivity contribution in [2.75, 3.05) is 0 Å². The predicted octanol–water partition coefficient (Wildman–Crippen LogP) is 10.6. The van der Waals surface area contributed by atoms with Gasteiger partial charge >= 0.3 is 0 Å². The van der Waals surface area contributed by atoms with E-state index in [1.165, 1.54) is 55.0 Å². The van der Waals surface area contributed by atoms with Gasteiger partial charge in [-0.1, -0.05) is 103 Å². The third-order valence-corrected chi connectivity index (χ3v) is 8.82.